The number of carbonyl (C=O) groups is 3. The second-order valence-electron chi connectivity index (χ2n) is 6.65. The molecular weight excluding hydrogens is 420 g/mol. The average molecular weight is 437 g/mol. The van der Waals surface area contributed by atoms with Crippen LogP contribution in [-0.4, -0.2) is 38.1 Å². The van der Waals surface area contributed by atoms with E-state index < -0.39 is 17.9 Å². The summed E-state index contributed by atoms with van der Waals surface area (Å²) < 4.78 is 0.248. The highest BCUT2D eigenvalue weighted by molar-refractivity contribution is 8.26. The first-order valence-electron chi connectivity index (χ1n) is 9.10. The molecule has 2 heterocycles. The fourth-order valence-corrected chi connectivity index (χ4v) is 4.57. The molecule has 30 heavy (non-hydrogen) atoms. The molecule has 2 aromatic carbocycles. The topological polar surface area (TPSA) is 77.9 Å². The monoisotopic (exact) mass is 436 g/mol. The minimum absolute atomic E-state index is 0.0278. The van der Waals surface area contributed by atoms with Crippen LogP contribution in [-0.2, 0) is 14.4 Å². The van der Waals surface area contributed by atoms with Crippen LogP contribution in [0.5, 0.6) is 5.75 Å². The minimum atomic E-state index is -0.970. The van der Waals surface area contributed by atoms with Gasteiger partial charge in [0, 0.05) is 0 Å². The molecule has 3 amide bonds. The molecule has 0 unspecified atom stereocenters. The van der Waals surface area contributed by atoms with Gasteiger partial charge >= 0.3 is 0 Å². The summed E-state index contributed by atoms with van der Waals surface area (Å²) in [6.45, 7) is 0. The third kappa shape index (κ3) is 3.79. The number of thiocarbonyl (C=S) groups is 1. The van der Waals surface area contributed by atoms with Gasteiger partial charge in [0.2, 0.25) is 5.91 Å². The molecule has 150 valence electrons. The number of allylic oxidation sites excluding steroid dienone is 2. The Bertz CT molecular complexity index is 1090. The highest BCUT2D eigenvalue weighted by Crippen LogP contribution is 2.36. The SMILES string of the molecule is O=C1C[C@@H](N2C(=O)/C(=C/C=C/c3ccccc3)SC2=S)C(=O)N1c1ccc(O)cc1. The van der Waals surface area contributed by atoms with Crippen LogP contribution in [0.3, 0.4) is 0 Å². The Balaban J connectivity index is 1.53. The van der Waals surface area contributed by atoms with Gasteiger partial charge in [-0.05, 0) is 35.9 Å². The van der Waals surface area contributed by atoms with E-state index in [1.165, 1.54) is 29.2 Å². The summed E-state index contributed by atoms with van der Waals surface area (Å²) in [5.74, 6) is -1.29. The zero-order chi connectivity index (χ0) is 21.3. The summed E-state index contributed by atoms with van der Waals surface area (Å²) in [4.78, 5) is 41.0. The lowest BCUT2D eigenvalue weighted by atomic mass is 10.2. The maximum Gasteiger partial charge on any atom is 0.266 e. The van der Waals surface area contributed by atoms with Crippen molar-refractivity contribution in [3.8, 4) is 5.75 Å². The smallest absolute Gasteiger partial charge is 0.266 e. The molecule has 2 saturated heterocycles. The maximum atomic E-state index is 12.9. The number of amides is 3. The van der Waals surface area contributed by atoms with Crippen LogP contribution in [0.25, 0.3) is 6.08 Å². The number of aromatic hydroxyl groups is 1. The van der Waals surface area contributed by atoms with Crippen molar-refractivity contribution in [1.82, 2.24) is 4.90 Å². The number of benzene rings is 2. The van der Waals surface area contributed by atoms with E-state index in [9.17, 15) is 19.5 Å². The van der Waals surface area contributed by atoms with Crippen molar-refractivity contribution in [1.29, 1.82) is 0 Å². The number of imide groups is 1. The molecule has 8 heteroatoms. The van der Waals surface area contributed by atoms with Gasteiger partial charge in [0.1, 0.15) is 16.1 Å². The molecule has 0 aromatic heterocycles. The van der Waals surface area contributed by atoms with Gasteiger partial charge in [-0.1, -0.05) is 66.5 Å². The second-order valence-corrected chi connectivity index (χ2v) is 8.32. The van der Waals surface area contributed by atoms with Crippen LogP contribution in [0.15, 0.2) is 71.7 Å². The van der Waals surface area contributed by atoms with Crippen molar-refractivity contribution < 1.29 is 19.5 Å². The van der Waals surface area contributed by atoms with Crippen molar-refractivity contribution in [2.75, 3.05) is 4.90 Å². The van der Waals surface area contributed by atoms with E-state index in [0.717, 1.165) is 22.2 Å². The van der Waals surface area contributed by atoms with Crippen LogP contribution in [0.4, 0.5) is 5.69 Å². The standard InChI is InChI=1S/C22H16N2O4S2/c25-16-11-9-15(10-12-16)23-19(26)13-17(20(23)27)24-21(28)18(30-22(24)29)8-4-7-14-5-2-1-3-6-14/h1-12,17,25H,13H2/b7-4+,18-8-/t17-/m1/s1. The second kappa shape index (κ2) is 8.25. The molecule has 2 fully saturated rings. The number of thioether (sulfide) groups is 1. The molecule has 6 nitrogen and oxygen atoms in total. The van der Waals surface area contributed by atoms with Gasteiger partial charge in [0.05, 0.1) is 17.0 Å². The van der Waals surface area contributed by atoms with Gasteiger partial charge in [0.25, 0.3) is 11.8 Å². The van der Waals surface area contributed by atoms with Gasteiger partial charge in [-0.3, -0.25) is 19.3 Å². The molecular formula is C22H16N2O4S2. The van der Waals surface area contributed by atoms with Gasteiger partial charge in [-0.15, -0.1) is 0 Å². The number of rotatable bonds is 4. The van der Waals surface area contributed by atoms with E-state index in [1.807, 2.05) is 36.4 Å². The highest BCUT2D eigenvalue weighted by atomic mass is 32.2. The lowest BCUT2D eigenvalue weighted by Crippen LogP contribution is -2.44. The van der Waals surface area contributed by atoms with Crippen molar-refractivity contribution >= 4 is 57.8 Å². The number of carbonyl (C=O) groups excluding carboxylic acids is 3. The van der Waals surface area contributed by atoms with Crippen LogP contribution < -0.4 is 4.90 Å². The van der Waals surface area contributed by atoms with Crippen molar-refractivity contribution in [3.63, 3.8) is 0 Å². The number of hydrogen-bond acceptors (Lipinski definition) is 6. The highest BCUT2D eigenvalue weighted by Gasteiger charge is 2.48. The molecule has 2 aromatic rings. The first kappa shape index (κ1) is 20.1. The van der Waals surface area contributed by atoms with E-state index >= 15 is 0 Å². The van der Waals surface area contributed by atoms with E-state index in [-0.39, 0.29) is 22.4 Å². The molecule has 2 aliphatic rings. The van der Waals surface area contributed by atoms with E-state index in [0.29, 0.717) is 10.6 Å². The lowest BCUT2D eigenvalue weighted by molar-refractivity contribution is -0.130. The Morgan fingerprint density at radius 2 is 1.73 bits per heavy atom. The van der Waals surface area contributed by atoms with Gasteiger partial charge in [-0.2, -0.15) is 0 Å². The molecule has 0 radical (unpaired) electrons. The first-order chi connectivity index (χ1) is 14.5. The van der Waals surface area contributed by atoms with Crippen LogP contribution in [0.1, 0.15) is 12.0 Å². The molecule has 4 rings (SSSR count). The van der Waals surface area contributed by atoms with Gasteiger partial charge < -0.3 is 5.11 Å². The molecule has 1 N–H and O–H groups in total. The molecule has 0 aliphatic carbocycles. The molecule has 0 spiro atoms. The van der Waals surface area contributed by atoms with Crippen molar-refractivity contribution in [2.45, 2.75) is 12.5 Å². The summed E-state index contributed by atoms with van der Waals surface area (Å²) in [5, 5.41) is 9.43. The number of phenols is 1. The quantitative estimate of drug-likeness (QED) is 0.449. The fraction of sp³-hybridized carbons (Fsp3) is 0.0909. The van der Waals surface area contributed by atoms with Crippen molar-refractivity contribution in [2.24, 2.45) is 0 Å². The van der Waals surface area contributed by atoms with E-state index in [2.05, 4.69) is 0 Å². The first-order valence-corrected chi connectivity index (χ1v) is 10.3. The molecule has 0 bridgehead atoms. The minimum Gasteiger partial charge on any atom is -0.508 e. The van der Waals surface area contributed by atoms with E-state index in [1.54, 1.807) is 12.2 Å². The third-order valence-electron chi connectivity index (χ3n) is 4.70. The maximum absolute atomic E-state index is 12.9. The number of nitrogens with zero attached hydrogens (tertiary/aromatic N) is 2. The summed E-state index contributed by atoms with van der Waals surface area (Å²) in [6.07, 6.45) is 5.14. The average Bonchev–Trinajstić information content (AvgIpc) is 3.18. The molecule has 1 atom stereocenters. The number of hydrogen-bond donors (Lipinski definition) is 1. The van der Waals surface area contributed by atoms with Gasteiger partial charge in [0.15, 0.2) is 0 Å². The van der Waals surface area contributed by atoms with Crippen LogP contribution in [0, 0.1) is 0 Å². The fourth-order valence-electron chi connectivity index (χ4n) is 3.26. The normalized spacial score (nSPS) is 20.9. The van der Waals surface area contributed by atoms with Gasteiger partial charge in [-0.25, -0.2) is 4.90 Å². The van der Waals surface area contributed by atoms with E-state index in [4.69, 9.17) is 12.2 Å². The summed E-state index contributed by atoms with van der Waals surface area (Å²) in [7, 11) is 0. The molecule has 2 aliphatic heterocycles. The Labute approximate surface area is 182 Å². The zero-order valence-corrected chi connectivity index (χ0v) is 17.2. The van der Waals surface area contributed by atoms with Crippen molar-refractivity contribution in [3.05, 3.63) is 77.2 Å². The predicted octanol–water partition coefficient (Wildman–Crippen LogP) is 3.48. The molecule has 0 saturated carbocycles. The summed E-state index contributed by atoms with van der Waals surface area (Å²) in [5.41, 5.74) is 1.34. The number of phenolic OH excluding ortho intramolecular Hbond substituents is 1. The van der Waals surface area contributed by atoms with Crippen LogP contribution >= 0.6 is 24.0 Å². The predicted molar refractivity (Wildman–Crippen MR) is 120 cm³/mol. The Hall–Kier alpha value is -3.23. The Kier molecular flexibility index (Phi) is 5.52. The number of anilines is 1. The Morgan fingerprint density at radius 1 is 1.03 bits per heavy atom. The third-order valence-corrected chi connectivity index (χ3v) is 6.05. The summed E-state index contributed by atoms with van der Waals surface area (Å²) in [6, 6.07) is 14.4. The Morgan fingerprint density at radius 3 is 2.43 bits per heavy atom. The lowest BCUT2D eigenvalue weighted by Gasteiger charge is -2.21. The largest absolute Gasteiger partial charge is 0.508 e. The van der Waals surface area contributed by atoms with Crippen LogP contribution in [0.2, 0.25) is 0 Å². The summed E-state index contributed by atoms with van der Waals surface area (Å²) >= 11 is 6.44. The zero-order valence-electron chi connectivity index (χ0n) is 15.6.